The fraction of sp³-hybridized carbons (Fsp3) is 0.533. The zero-order chi connectivity index (χ0) is 25.2. The Hall–Kier alpha value is -2.68. The standard InChI is InChI=1S/C30H38O5/c1-3-4-10-21(2)27(31)16-15-25-26-18-22(17-24(26)19-28(25)32)11-8-9-14-30(34)35-20-29(33)23-12-6-5-7-13-23/h5-7,11-13,15-16,21,24-28,31-32H,8-10,14,17-20H2,1-2H3/t21-,24+,25-,26+,27-,28+/m0/s1. The van der Waals surface area contributed by atoms with E-state index in [2.05, 4.69) is 17.9 Å². The third-order valence-electron chi connectivity index (χ3n) is 7.30. The average Bonchev–Trinajstić information content (AvgIpc) is 3.38. The van der Waals surface area contributed by atoms with Crippen LogP contribution in [0.15, 0.2) is 54.1 Å². The number of aliphatic hydroxyl groups is 2. The molecule has 5 heteroatoms. The van der Waals surface area contributed by atoms with E-state index in [1.807, 2.05) is 25.1 Å². The molecule has 0 radical (unpaired) electrons. The minimum atomic E-state index is -0.554. The Morgan fingerprint density at radius 1 is 1.23 bits per heavy atom. The Morgan fingerprint density at radius 3 is 2.74 bits per heavy atom. The highest BCUT2D eigenvalue weighted by molar-refractivity contribution is 5.97. The Labute approximate surface area is 209 Å². The molecule has 6 atom stereocenters. The topological polar surface area (TPSA) is 83.8 Å². The molecule has 0 aliphatic heterocycles. The zero-order valence-corrected chi connectivity index (χ0v) is 20.9. The number of hydrogen-bond donors (Lipinski definition) is 2. The van der Waals surface area contributed by atoms with Crippen molar-refractivity contribution in [3.8, 4) is 11.8 Å². The Bertz CT molecular complexity index is 967. The monoisotopic (exact) mass is 478 g/mol. The van der Waals surface area contributed by atoms with Crippen molar-refractivity contribution >= 4 is 11.8 Å². The molecule has 0 heterocycles. The number of rotatable bonds is 11. The minimum Gasteiger partial charge on any atom is -0.457 e. The van der Waals surface area contributed by atoms with Crippen LogP contribution in [-0.4, -0.2) is 40.8 Å². The van der Waals surface area contributed by atoms with E-state index >= 15 is 0 Å². The molecule has 0 unspecified atom stereocenters. The van der Waals surface area contributed by atoms with Crippen molar-refractivity contribution in [2.75, 3.05) is 6.61 Å². The first-order valence-corrected chi connectivity index (χ1v) is 12.7. The van der Waals surface area contributed by atoms with Gasteiger partial charge in [-0.1, -0.05) is 61.1 Å². The van der Waals surface area contributed by atoms with Crippen LogP contribution in [0.2, 0.25) is 0 Å². The number of carbonyl (C=O) groups excluding carboxylic acids is 2. The highest BCUT2D eigenvalue weighted by atomic mass is 16.5. The SMILES string of the molecule is CC#CC[C@H](C)[C@@H](O)C=C[C@H]1[C@@H]2CC(=CCCCC(=O)OCC(=O)c3ccccc3)C[C@@H]2C[C@H]1O. The van der Waals surface area contributed by atoms with Gasteiger partial charge >= 0.3 is 5.97 Å². The van der Waals surface area contributed by atoms with Crippen molar-refractivity contribution in [1.82, 2.24) is 0 Å². The maximum atomic E-state index is 12.0. The minimum absolute atomic E-state index is 0.0650. The first kappa shape index (κ1) is 26.9. The Kier molecular flexibility index (Phi) is 10.3. The number of hydrogen-bond acceptors (Lipinski definition) is 5. The van der Waals surface area contributed by atoms with Crippen LogP contribution >= 0.6 is 0 Å². The number of allylic oxidation sites excluding steroid dienone is 2. The van der Waals surface area contributed by atoms with Crippen molar-refractivity contribution < 1.29 is 24.5 Å². The number of ether oxygens (including phenoxy) is 1. The number of benzene rings is 1. The number of esters is 1. The quantitative estimate of drug-likeness (QED) is 0.156. The van der Waals surface area contributed by atoms with Gasteiger partial charge in [0.25, 0.3) is 0 Å². The lowest BCUT2D eigenvalue weighted by Gasteiger charge is -2.19. The summed E-state index contributed by atoms with van der Waals surface area (Å²) in [5.74, 6) is 6.35. The van der Waals surface area contributed by atoms with Gasteiger partial charge in [-0.2, -0.15) is 0 Å². The molecule has 5 nitrogen and oxygen atoms in total. The van der Waals surface area contributed by atoms with Crippen LogP contribution in [0.25, 0.3) is 0 Å². The summed E-state index contributed by atoms with van der Waals surface area (Å²) >= 11 is 0. The second kappa shape index (κ2) is 13.4. The average molecular weight is 479 g/mol. The summed E-state index contributed by atoms with van der Waals surface area (Å²) in [6.07, 6.45) is 10.4. The van der Waals surface area contributed by atoms with Crippen molar-refractivity contribution in [2.24, 2.45) is 23.7 Å². The van der Waals surface area contributed by atoms with E-state index in [4.69, 9.17) is 4.74 Å². The van der Waals surface area contributed by atoms with Crippen LogP contribution in [0.5, 0.6) is 0 Å². The highest BCUT2D eigenvalue weighted by Gasteiger charge is 2.45. The summed E-state index contributed by atoms with van der Waals surface area (Å²) < 4.78 is 5.13. The van der Waals surface area contributed by atoms with E-state index in [9.17, 15) is 19.8 Å². The molecule has 1 aromatic rings. The second-order valence-corrected chi connectivity index (χ2v) is 9.90. The lowest BCUT2D eigenvalue weighted by Crippen LogP contribution is -2.19. The molecule has 0 spiro atoms. The molecular weight excluding hydrogens is 440 g/mol. The van der Waals surface area contributed by atoms with E-state index in [-0.39, 0.29) is 36.3 Å². The predicted molar refractivity (Wildman–Crippen MR) is 136 cm³/mol. The van der Waals surface area contributed by atoms with E-state index in [0.29, 0.717) is 36.7 Å². The van der Waals surface area contributed by atoms with E-state index < -0.39 is 6.10 Å². The summed E-state index contributed by atoms with van der Waals surface area (Å²) in [5.41, 5.74) is 1.94. The van der Waals surface area contributed by atoms with Gasteiger partial charge in [0.05, 0.1) is 12.2 Å². The van der Waals surface area contributed by atoms with Crippen molar-refractivity contribution in [3.05, 3.63) is 59.7 Å². The summed E-state index contributed by atoms with van der Waals surface area (Å²) in [6.45, 7) is 3.57. The second-order valence-electron chi connectivity index (χ2n) is 9.90. The van der Waals surface area contributed by atoms with Gasteiger partial charge in [-0.05, 0) is 56.8 Å². The number of aliphatic hydroxyl groups excluding tert-OH is 2. The first-order chi connectivity index (χ1) is 16.9. The van der Waals surface area contributed by atoms with E-state index in [0.717, 1.165) is 25.7 Å². The van der Waals surface area contributed by atoms with Gasteiger partial charge < -0.3 is 14.9 Å². The zero-order valence-electron chi connectivity index (χ0n) is 20.9. The van der Waals surface area contributed by atoms with Crippen LogP contribution in [0.1, 0.15) is 69.2 Å². The number of unbranched alkanes of at least 4 members (excludes halogenated alkanes) is 1. The third-order valence-corrected chi connectivity index (χ3v) is 7.30. The number of ketones is 1. The number of Topliss-reactive ketones (excluding diaryl/α,β-unsaturated/α-hetero) is 1. The molecule has 0 saturated heterocycles. The molecule has 3 rings (SSSR count). The van der Waals surface area contributed by atoms with Gasteiger partial charge in [-0.3, -0.25) is 9.59 Å². The molecule has 2 aliphatic carbocycles. The molecule has 2 saturated carbocycles. The van der Waals surface area contributed by atoms with E-state index in [1.54, 1.807) is 31.2 Å². The molecule has 0 aromatic heterocycles. The van der Waals surface area contributed by atoms with Crippen molar-refractivity contribution in [3.63, 3.8) is 0 Å². The molecule has 35 heavy (non-hydrogen) atoms. The number of carbonyl (C=O) groups is 2. The van der Waals surface area contributed by atoms with Gasteiger partial charge in [0.15, 0.2) is 12.4 Å². The van der Waals surface area contributed by atoms with E-state index in [1.165, 1.54) is 5.57 Å². The van der Waals surface area contributed by atoms with Gasteiger partial charge in [-0.25, -0.2) is 0 Å². The Balaban J connectivity index is 1.40. The summed E-state index contributed by atoms with van der Waals surface area (Å²) in [6, 6.07) is 8.83. The maximum Gasteiger partial charge on any atom is 0.306 e. The molecule has 2 aliphatic rings. The summed E-state index contributed by atoms with van der Waals surface area (Å²) in [7, 11) is 0. The highest BCUT2D eigenvalue weighted by Crippen LogP contribution is 2.50. The predicted octanol–water partition coefficient (Wildman–Crippen LogP) is 4.88. The smallest absolute Gasteiger partial charge is 0.306 e. The molecular formula is C30H38O5. The fourth-order valence-corrected chi connectivity index (χ4v) is 5.23. The van der Waals surface area contributed by atoms with Crippen molar-refractivity contribution in [2.45, 2.75) is 71.0 Å². The molecule has 0 bridgehead atoms. The molecule has 188 valence electrons. The largest absolute Gasteiger partial charge is 0.457 e. The van der Waals surface area contributed by atoms with Crippen LogP contribution in [0, 0.1) is 35.5 Å². The normalized spacial score (nSPS) is 26.2. The lowest BCUT2D eigenvalue weighted by molar-refractivity contribution is -0.142. The lowest BCUT2D eigenvalue weighted by atomic mass is 9.89. The Morgan fingerprint density at radius 2 is 2.00 bits per heavy atom. The molecule has 2 N–H and O–H groups in total. The fourth-order valence-electron chi connectivity index (χ4n) is 5.23. The third kappa shape index (κ3) is 7.92. The molecule has 1 aromatic carbocycles. The summed E-state index contributed by atoms with van der Waals surface area (Å²) in [4.78, 5) is 24.0. The van der Waals surface area contributed by atoms with Gasteiger partial charge in [0.2, 0.25) is 0 Å². The van der Waals surface area contributed by atoms with Gasteiger partial charge in [0.1, 0.15) is 0 Å². The van der Waals surface area contributed by atoms with Gasteiger partial charge in [-0.15, -0.1) is 11.8 Å². The van der Waals surface area contributed by atoms with Crippen LogP contribution < -0.4 is 0 Å². The van der Waals surface area contributed by atoms with Crippen LogP contribution in [-0.2, 0) is 9.53 Å². The van der Waals surface area contributed by atoms with Crippen LogP contribution in [0.3, 0.4) is 0 Å². The maximum absolute atomic E-state index is 12.0. The molecule has 2 fully saturated rings. The molecule has 0 amide bonds. The van der Waals surface area contributed by atoms with Gasteiger partial charge in [0, 0.05) is 24.3 Å². The van der Waals surface area contributed by atoms with Crippen molar-refractivity contribution in [1.29, 1.82) is 0 Å². The first-order valence-electron chi connectivity index (χ1n) is 12.7. The number of fused-ring (bicyclic) bond motifs is 1. The van der Waals surface area contributed by atoms with Crippen LogP contribution in [0.4, 0.5) is 0 Å². The summed E-state index contributed by atoms with van der Waals surface area (Å²) in [5, 5.41) is 21.0.